The second-order valence-corrected chi connectivity index (χ2v) is 12.9. The quantitative estimate of drug-likeness (QED) is 0.236. The van der Waals surface area contributed by atoms with Crippen LogP contribution >= 0.6 is 0 Å². The molecule has 2 heterocycles. The Labute approximate surface area is 250 Å². The van der Waals surface area contributed by atoms with Crippen molar-refractivity contribution in [2.75, 3.05) is 42.7 Å². The van der Waals surface area contributed by atoms with Gasteiger partial charge in [0, 0.05) is 59.8 Å². The van der Waals surface area contributed by atoms with Crippen molar-refractivity contribution in [2.24, 2.45) is 0 Å². The summed E-state index contributed by atoms with van der Waals surface area (Å²) < 4.78 is 0. The van der Waals surface area contributed by atoms with Gasteiger partial charge in [-0.1, -0.05) is 72.8 Å². The lowest BCUT2D eigenvalue weighted by atomic mass is 9.60. The molecule has 2 unspecified atom stereocenters. The normalized spacial score (nSPS) is 22.6. The Balaban J connectivity index is 1.30. The van der Waals surface area contributed by atoms with Gasteiger partial charge in [-0.2, -0.15) is 0 Å². The van der Waals surface area contributed by atoms with E-state index < -0.39 is 24.0 Å². The molecule has 6 aromatic carbocycles. The Kier molecular flexibility index (Phi) is 5.19. The lowest BCUT2D eigenvalue weighted by Crippen LogP contribution is -2.63. The predicted octanol–water partition coefficient (Wildman–Crippen LogP) is 5.21. The lowest BCUT2D eigenvalue weighted by Gasteiger charge is -2.62. The van der Waals surface area contributed by atoms with Crippen LogP contribution in [0.25, 0.3) is 43.1 Å². The molecule has 9 rings (SSSR count). The number of nitrogens with zero attached hydrogens (tertiary/aromatic N) is 2. The van der Waals surface area contributed by atoms with Crippen molar-refractivity contribution < 1.29 is 10.2 Å². The first-order chi connectivity index (χ1) is 21.0. The summed E-state index contributed by atoms with van der Waals surface area (Å²) in [4.78, 5) is 4.63. The molecule has 0 aromatic heterocycles. The van der Waals surface area contributed by atoms with Gasteiger partial charge in [-0.25, -0.2) is 0 Å². The van der Waals surface area contributed by atoms with E-state index in [4.69, 9.17) is 5.73 Å². The van der Waals surface area contributed by atoms with E-state index in [9.17, 15) is 10.2 Å². The molecule has 1 saturated carbocycles. The zero-order chi connectivity index (χ0) is 29.1. The topological polar surface area (TPSA) is 78.6 Å². The van der Waals surface area contributed by atoms with Crippen molar-refractivity contribution >= 4 is 60.2 Å². The molecule has 0 bridgehead atoms. The summed E-state index contributed by atoms with van der Waals surface area (Å²) in [6.07, 6.45) is -0.181. The molecule has 5 nitrogen and oxygen atoms in total. The van der Waals surface area contributed by atoms with Gasteiger partial charge in [0.05, 0.1) is 11.4 Å². The van der Waals surface area contributed by atoms with Gasteiger partial charge < -0.3 is 25.7 Å². The van der Waals surface area contributed by atoms with Crippen LogP contribution in [-0.2, 0) is 12.8 Å². The fourth-order valence-corrected chi connectivity index (χ4v) is 8.85. The number of hydrogen-bond acceptors (Lipinski definition) is 5. The van der Waals surface area contributed by atoms with E-state index in [0.29, 0.717) is 5.69 Å². The van der Waals surface area contributed by atoms with E-state index in [-0.39, 0.29) is 0 Å². The van der Waals surface area contributed by atoms with Crippen LogP contribution in [0.1, 0.15) is 34.1 Å². The van der Waals surface area contributed by atoms with Crippen LogP contribution in [0.15, 0.2) is 78.9 Å². The lowest BCUT2D eigenvalue weighted by molar-refractivity contribution is -0.535. The molecule has 0 saturated heterocycles. The molecule has 2 atom stereocenters. The number of benzene rings is 6. The molecule has 3 aliphatic rings. The Hall–Kier alpha value is -4.32. The van der Waals surface area contributed by atoms with Crippen molar-refractivity contribution in [3.63, 3.8) is 0 Å². The molecule has 0 radical (unpaired) electrons. The van der Waals surface area contributed by atoms with Gasteiger partial charge in [0.25, 0.3) is 0 Å². The monoisotopic (exact) mass is 563 g/mol. The highest BCUT2D eigenvalue weighted by atomic mass is 16.3. The van der Waals surface area contributed by atoms with Gasteiger partial charge in [-0.05, 0) is 69.2 Å². The number of nitrogens with two attached hydrogens (primary N) is 1. The second-order valence-electron chi connectivity index (χ2n) is 12.9. The first kappa shape index (κ1) is 25.2. The van der Waals surface area contributed by atoms with Crippen LogP contribution in [0.4, 0.5) is 17.1 Å². The van der Waals surface area contributed by atoms with E-state index in [1.54, 1.807) is 0 Å². The van der Waals surface area contributed by atoms with E-state index in [0.717, 1.165) is 75.1 Å². The van der Waals surface area contributed by atoms with Gasteiger partial charge in [-0.15, -0.1) is 12.2 Å². The Morgan fingerprint density at radius 3 is 1.79 bits per heavy atom. The summed E-state index contributed by atoms with van der Waals surface area (Å²) in [5, 5.41) is 37.9. The molecule has 2 N–H and O–H groups in total. The van der Waals surface area contributed by atoms with Crippen LogP contribution in [0, 0.1) is 0 Å². The predicted molar refractivity (Wildman–Crippen MR) is 174 cm³/mol. The van der Waals surface area contributed by atoms with Crippen LogP contribution < -0.4 is 25.7 Å². The van der Waals surface area contributed by atoms with Crippen molar-refractivity contribution in [2.45, 2.75) is 36.9 Å². The van der Waals surface area contributed by atoms with Crippen LogP contribution in [-0.4, -0.2) is 39.4 Å². The molecular weight excluding hydrogens is 530 g/mol. The minimum Gasteiger partial charge on any atom is -0.851 e. The molecule has 214 valence electrons. The van der Waals surface area contributed by atoms with Crippen molar-refractivity contribution in [1.82, 2.24) is 0 Å². The molecular formula is C38H33N3O2-2. The summed E-state index contributed by atoms with van der Waals surface area (Å²) in [6, 6.07) is 27.1. The minimum absolute atomic E-state index is 0.614. The third-order valence-electron chi connectivity index (χ3n) is 10.6. The second kappa shape index (κ2) is 8.85. The SMILES string of the molecule is CN(C)c1c2ccccc2c(C2C([O-])C(c3c4cccc5c4c4c6c(cccc36)CCN4CC5)C2[O-])c2c(N)cccc12. The molecule has 43 heavy (non-hydrogen) atoms. The van der Waals surface area contributed by atoms with Gasteiger partial charge in [0.15, 0.2) is 0 Å². The third-order valence-corrected chi connectivity index (χ3v) is 10.6. The average molecular weight is 564 g/mol. The Morgan fingerprint density at radius 2 is 1.16 bits per heavy atom. The van der Waals surface area contributed by atoms with Crippen LogP contribution in [0.3, 0.4) is 0 Å². The Morgan fingerprint density at radius 1 is 0.628 bits per heavy atom. The zero-order valence-electron chi connectivity index (χ0n) is 24.4. The highest BCUT2D eigenvalue weighted by molar-refractivity contribution is 6.19. The van der Waals surface area contributed by atoms with Crippen molar-refractivity contribution in [1.29, 1.82) is 0 Å². The third kappa shape index (κ3) is 3.19. The molecule has 1 fully saturated rings. The standard InChI is InChI=1S/C38H33N3O2/c1-40(2)35-23-11-4-3-10-22(23)32(31-26(35)14-7-15-27(31)39)34-37(42)33(38(34)43)30-24-12-5-8-20-16-18-41-19-17-21-9-6-13-25(30)29(21)36(41)28(20)24/h3-15,33-34,37-38H,16-19,39H2,1-2H3/q-2. The fourth-order valence-electron chi connectivity index (χ4n) is 8.85. The summed E-state index contributed by atoms with van der Waals surface area (Å²) in [6.45, 7) is 2.03. The first-order valence-electron chi connectivity index (χ1n) is 15.4. The van der Waals surface area contributed by atoms with Crippen molar-refractivity contribution in [3.8, 4) is 0 Å². The molecule has 6 aromatic rings. The maximum Gasteiger partial charge on any atom is 0.0531 e. The van der Waals surface area contributed by atoms with E-state index in [1.165, 1.54) is 27.6 Å². The molecule has 0 spiro atoms. The van der Waals surface area contributed by atoms with Gasteiger partial charge in [-0.3, -0.25) is 0 Å². The minimum atomic E-state index is -1.08. The molecule has 1 aliphatic carbocycles. The van der Waals surface area contributed by atoms with Gasteiger partial charge in [0.2, 0.25) is 0 Å². The van der Waals surface area contributed by atoms with E-state index >= 15 is 0 Å². The number of rotatable bonds is 3. The maximum absolute atomic E-state index is 14.7. The highest BCUT2D eigenvalue weighted by Gasteiger charge is 2.43. The number of anilines is 3. The number of hydrogen-bond donors (Lipinski definition) is 1. The van der Waals surface area contributed by atoms with Crippen molar-refractivity contribution in [3.05, 3.63) is 101 Å². The largest absolute Gasteiger partial charge is 0.851 e. The molecule has 5 heteroatoms. The van der Waals surface area contributed by atoms with Gasteiger partial charge >= 0.3 is 0 Å². The average Bonchev–Trinajstić information content (AvgIpc) is 3.02. The molecule has 0 amide bonds. The Bertz CT molecular complexity index is 2070. The van der Waals surface area contributed by atoms with E-state index in [2.05, 4.69) is 64.4 Å². The maximum atomic E-state index is 14.7. The number of nitrogen functional groups attached to an aromatic ring is 1. The smallest absolute Gasteiger partial charge is 0.0531 e. The summed E-state index contributed by atoms with van der Waals surface area (Å²) in [5.74, 6) is -1.32. The zero-order valence-corrected chi connectivity index (χ0v) is 24.4. The summed E-state index contributed by atoms with van der Waals surface area (Å²) >= 11 is 0. The fraction of sp³-hybridized carbons (Fsp3) is 0.263. The van der Waals surface area contributed by atoms with Crippen LogP contribution in [0.5, 0.6) is 0 Å². The first-order valence-corrected chi connectivity index (χ1v) is 15.4. The summed E-state index contributed by atoms with van der Waals surface area (Å²) in [7, 11) is 4.06. The van der Waals surface area contributed by atoms with Crippen LogP contribution in [0.2, 0.25) is 0 Å². The highest BCUT2D eigenvalue weighted by Crippen LogP contribution is 2.56. The number of fused-ring (bicyclic) bond motifs is 2. The van der Waals surface area contributed by atoms with E-state index in [1.807, 2.05) is 38.4 Å². The van der Waals surface area contributed by atoms with Gasteiger partial charge in [0.1, 0.15) is 0 Å². The molecule has 2 aliphatic heterocycles. The summed E-state index contributed by atoms with van der Waals surface area (Å²) in [5.41, 5.74) is 14.1.